The van der Waals surface area contributed by atoms with Crippen LogP contribution in [-0.4, -0.2) is 10.5 Å². The number of halogens is 2. The van der Waals surface area contributed by atoms with Gasteiger partial charge < -0.3 is 9.88 Å². The van der Waals surface area contributed by atoms with Gasteiger partial charge in [0.15, 0.2) is 0 Å². The lowest BCUT2D eigenvalue weighted by Crippen LogP contribution is -2.15. The summed E-state index contributed by atoms with van der Waals surface area (Å²) >= 11 is 9.27. The molecule has 18 heavy (non-hydrogen) atoms. The summed E-state index contributed by atoms with van der Waals surface area (Å²) in [6.45, 7) is 1.97. The molecule has 1 amide bonds. The minimum absolute atomic E-state index is 0.185. The summed E-state index contributed by atoms with van der Waals surface area (Å²) in [6.07, 6.45) is 1.70. The molecule has 1 aromatic carbocycles. The van der Waals surface area contributed by atoms with E-state index in [4.69, 9.17) is 11.6 Å². The predicted molar refractivity (Wildman–Crippen MR) is 77.3 cm³/mol. The van der Waals surface area contributed by atoms with Crippen molar-refractivity contribution >= 4 is 39.1 Å². The molecule has 0 radical (unpaired) electrons. The fraction of sp³-hybridized carbons (Fsp3) is 0.154. The molecule has 3 nitrogen and oxygen atoms in total. The van der Waals surface area contributed by atoms with Crippen molar-refractivity contribution in [3.63, 3.8) is 0 Å². The lowest BCUT2D eigenvalue weighted by atomic mass is 10.2. The maximum atomic E-state index is 12.1. The molecule has 0 unspecified atom stereocenters. The molecule has 2 rings (SSSR count). The maximum Gasteiger partial charge on any atom is 0.272 e. The number of aromatic nitrogens is 1. The Morgan fingerprint density at radius 2 is 2.11 bits per heavy atom. The van der Waals surface area contributed by atoms with Crippen LogP contribution in [0.25, 0.3) is 0 Å². The number of nitrogens with one attached hydrogen (secondary N) is 1. The van der Waals surface area contributed by atoms with Gasteiger partial charge in [0.1, 0.15) is 5.69 Å². The average molecular weight is 328 g/mol. The third kappa shape index (κ3) is 2.76. The van der Waals surface area contributed by atoms with Crippen LogP contribution in [0.2, 0.25) is 5.02 Å². The first-order chi connectivity index (χ1) is 8.47. The Labute approximate surface area is 119 Å². The van der Waals surface area contributed by atoms with Crippen molar-refractivity contribution in [2.24, 2.45) is 7.05 Å². The highest BCUT2D eigenvalue weighted by Crippen LogP contribution is 2.24. The zero-order valence-corrected chi connectivity index (χ0v) is 12.3. The Morgan fingerprint density at radius 1 is 1.39 bits per heavy atom. The van der Waals surface area contributed by atoms with Crippen LogP contribution in [0.3, 0.4) is 0 Å². The number of carbonyl (C=O) groups is 1. The van der Waals surface area contributed by atoms with E-state index in [0.717, 1.165) is 15.7 Å². The van der Waals surface area contributed by atoms with E-state index in [-0.39, 0.29) is 5.91 Å². The van der Waals surface area contributed by atoms with Gasteiger partial charge in [-0.3, -0.25) is 4.79 Å². The van der Waals surface area contributed by atoms with Crippen molar-refractivity contribution in [3.05, 3.63) is 51.2 Å². The van der Waals surface area contributed by atoms with Gasteiger partial charge in [-0.1, -0.05) is 17.7 Å². The molecule has 2 aromatic rings. The highest BCUT2D eigenvalue weighted by atomic mass is 79.9. The van der Waals surface area contributed by atoms with Crippen molar-refractivity contribution in [2.45, 2.75) is 6.92 Å². The molecular weight excluding hydrogens is 316 g/mol. The quantitative estimate of drug-likeness (QED) is 0.888. The van der Waals surface area contributed by atoms with Crippen LogP contribution in [0.1, 0.15) is 16.1 Å². The van der Waals surface area contributed by atoms with Gasteiger partial charge in [-0.2, -0.15) is 0 Å². The topological polar surface area (TPSA) is 34.0 Å². The number of hydrogen-bond donors (Lipinski definition) is 1. The molecule has 0 atom stereocenters. The molecule has 5 heteroatoms. The van der Waals surface area contributed by atoms with E-state index in [2.05, 4.69) is 21.2 Å². The van der Waals surface area contributed by atoms with E-state index >= 15 is 0 Å². The normalized spacial score (nSPS) is 10.4. The van der Waals surface area contributed by atoms with Crippen LogP contribution < -0.4 is 5.32 Å². The zero-order valence-electron chi connectivity index (χ0n) is 10.00. The van der Waals surface area contributed by atoms with Gasteiger partial charge in [0, 0.05) is 17.7 Å². The minimum atomic E-state index is -0.185. The van der Waals surface area contributed by atoms with Gasteiger partial charge in [0.05, 0.1) is 10.7 Å². The summed E-state index contributed by atoms with van der Waals surface area (Å²) in [5.41, 5.74) is 2.35. The monoisotopic (exact) mass is 326 g/mol. The van der Waals surface area contributed by atoms with E-state index in [0.29, 0.717) is 10.7 Å². The van der Waals surface area contributed by atoms with Crippen LogP contribution >= 0.6 is 27.5 Å². The van der Waals surface area contributed by atoms with Gasteiger partial charge in [0.25, 0.3) is 5.91 Å². The Morgan fingerprint density at radius 3 is 2.72 bits per heavy atom. The molecule has 0 spiro atoms. The van der Waals surface area contributed by atoms with Gasteiger partial charge in [-0.05, 0) is 46.6 Å². The number of nitrogens with zero attached hydrogens (tertiary/aromatic N) is 1. The lowest BCUT2D eigenvalue weighted by molar-refractivity contribution is 0.101. The van der Waals surface area contributed by atoms with Crippen molar-refractivity contribution in [2.75, 3.05) is 5.32 Å². The highest BCUT2D eigenvalue weighted by Gasteiger charge is 2.12. The molecule has 94 valence electrons. The van der Waals surface area contributed by atoms with Gasteiger partial charge in [0.2, 0.25) is 0 Å². The van der Waals surface area contributed by atoms with Crippen LogP contribution in [0.5, 0.6) is 0 Å². The number of hydrogen-bond acceptors (Lipinski definition) is 1. The summed E-state index contributed by atoms with van der Waals surface area (Å²) in [6, 6.07) is 7.43. The summed E-state index contributed by atoms with van der Waals surface area (Å²) in [5, 5.41) is 3.40. The molecule has 0 aliphatic carbocycles. The van der Waals surface area contributed by atoms with Gasteiger partial charge in [-0.25, -0.2) is 0 Å². The molecule has 0 saturated heterocycles. The fourth-order valence-electron chi connectivity index (χ4n) is 1.67. The predicted octanol–water partition coefficient (Wildman–Crippen LogP) is 4.00. The van der Waals surface area contributed by atoms with Gasteiger partial charge >= 0.3 is 0 Å². The van der Waals surface area contributed by atoms with Crippen molar-refractivity contribution in [1.82, 2.24) is 4.57 Å². The minimum Gasteiger partial charge on any atom is -0.345 e. The molecule has 1 aromatic heterocycles. The third-order valence-electron chi connectivity index (χ3n) is 2.57. The number of carbonyl (C=O) groups excluding carboxylic acids is 1. The molecule has 0 fully saturated rings. The average Bonchev–Trinajstić information content (AvgIpc) is 2.63. The second-order valence-corrected chi connectivity index (χ2v) is 5.38. The largest absolute Gasteiger partial charge is 0.345 e. The lowest BCUT2D eigenvalue weighted by Gasteiger charge is -2.08. The first-order valence-corrected chi connectivity index (χ1v) is 6.54. The summed E-state index contributed by atoms with van der Waals surface area (Å²) in [7, 11) is 1.78. The van der Waals surface area contributed by atoms with E-state index in [1.165, 1.54) is 0 Å². The molecule has 0 aliphatic heterocycles. The first-order valence-electron chi connectivity index (χ1n) is 5.37. The Hall–Kier alpha value is -1.26. The second kappa shape index (κ2) is 5.16. The summed E-state index contributed by atoms with van der Waals surface area (Å²) in [5.74, 6) is -0.185. The molecule has 1 N–H and O–H groups in total. The van der Waals surface area contributed by atoms with Crippen LogP contribution in [-0.2, 0) is 7.05 Å². The van der Waals surface area contributed by atoms with Gasteiger partial charge in [-0.15, -0.1) is 0 Å². The maximum absolute atomic E-state index is 12.1. The van der Waals surface area contributed by atoms with Crippen molar-refractivity contribution in [3.8, 4) is 0 Å². The first kappa shape index (κ1) is 13.2. The van der Waals surface area contributed by atoms with Crippen LogP contribution in [0.4, 0.5) is 5.69 Å². The van der Waals surface area contributed by atoms with Crippen molar-refractivity contribution < 1.29 is 4.79 Å². The van der Waals surface area contributed by atoms with Crippen molar-refractivity contribution in [1.29, 1.82) is 0 Å². The highest BCUT2D eigenvalue weighted by molar-refractivity contribution is 9.10. The molecule has 0 bridgehead atoms. The molecular formula is C13H12BrClN2O. The Balaban J connectivity index is 2.26. The summed E-state index contributed by atoms with van der Waals surface area (Å²) in [4.78, 5) is 12.1. The van der Waals surface area contributed by atoms with E-state index in [1.54, 1.807) is 23.9 Å². The Bertz CT molecular complexity index is 607. The number of anilines is 1. The Kier molecular flexibility index (Phi) is 3.78. The van der Waals surface area contributed by atoms with Crippen LogP contribution in [0.15, 0.2) is 34.9 Å². The molecule has 0 saturated carbocycles. The van der Waals surface area contributed by atoms with E-state index in [1.807, 2.05) is 25.1 Å². The smallest absolute Gasteiger partial charge is 0.272 e. The summed E-state index contributed by atoms with van der Waals surface area (Å²) < 4.78 is 2.54. The standard InChI is InChI=1S/C13H12BrClN2O/c1-8-3-4-10(14)11(5-8)16-13(18)12-6-9(15)7-17(12)2/h3-7H,1-2H3,(H,16,18). The van der Waals surface area contributed by atoms with Crippen LogP contribution in [0, 0.1) is 6.92 Å². The van der Waals surface area contributed by atoms with E-state index < -0.39 is 0 Å². The zero-order chi connectivity index (χ0) is 13.3. The molecule has 0 aliphatic rings. The number of rotatable bonds is 2. The fourth-order valence-corrected chi connectivity index (χ4v) is 2.27. The van der Waals surface area contributed by atoms with E-state index in [9.17, 15) is 4.79 Å². The number of benzene rings is 1. The number of amides is 1. The SMILES string of the molecule is Cc1ccc(Br)c(NC(=O)c2cc(Cl)cn2C)c1. The third-order valence-corrected chi connectivity index (χ3v) is 3.47. The second-order valence-electron chi connectivity index (χ2n) is 4.09. The molecule has 1 heterocycles. The number of aryl methyl sites for hydroxylation is 2.